The summed E-state index contributed by atoms with van der Waals surface area (Å²) in [7, 11) is 1.77. The average molecular weight is 410 g/mol. The van der Waals surface area contributed by atoms with E-state index in [0.29, 0.717) is 19.6 Å². The van der Waals surface area contributed by atoms with Crippen LogP contribution in [0.5, 0.6) is 0 Å². The highest BCUT2D eigenvalue weighted by Crippen LogP contribution is 2.52. The normalized spacial score (nSPS) is 29.5. The molecule has 2 saturated heterocycles. The zero-order chi connectivity index (χ0) is 20.2. The molecule has 5 rings (SSSR count). The van der Waals surface area contributed by atoms with Gasteiger partial charge in [0.2, 0.25) is 11.8 Å². The van der Waals surface area contributed by atoms with Crippen molar-refractivity contribution in [1.82, 2.24) is 19.8 Å². The maximum absolute atomic E-state index is 13.3. The number of carbonyl (C=O) groups is 2. The van der Waals surface area contributed by atoms with Gasteiger partial charge in [-0.25, -0.2) is 4.98 Å². The van der Waals surface area contributed by atoms with E-state index in [-0.39, 0.29) is 17.9 Å². The Morgan fingerprint density at radius 3 is 3.07 bits per heavy atom. The Labute approximate surface area is 173 Å². The molecule has 0 aromatic carbocycles. The Morgan fingerprint density at radius 1 is 1.48 bits per heavy atom. The highest BCUT2D eigenvalue weighted by Gasteiger charge is 2.67. The smallest absolute Gasteiger partial charge is 0.230 e. The molecule has 4 unspecified atom stereocenters. The monoisotopic (exact) mass is 410 g/mol. The number of pyridine rings is 1. The summed E-state index contributed by atoms with van der Waals surface area (Å²) in [6.07, 6.45) is 7.07. The number of nitrogens with zero attached hydrogens (tertiary/aromatic N) is 4. The molecule has 1 spiro atoms. The first kappa shape index (κ1) is 18.4. The molecule has 3 aliphatic heterocycles. The number of aryl methyl sites for hydroxylation is 1. The van der Waals surface area contributed by atoms with E-state index in [2.05, 4.69) is 9.97 Å². The SMILES string of the molecule is Cc1nc(CN(C)C(=O)C2C3C=CC4(CN(Cc5cccnc5)C(=O)C24)O3)cs1. The van der Waals surface area contributed by atoms with E-state index >= 15 is 0 Å². The van der Waals surface area contributed by atoms with Gasteiger partial charge in [0.05, 0.1) is 41.7 Å². The first-order valence-corrected chi connectivity index (χ1v) is 10.6. The third-order valence-electron chi connectivity index (χ3n) is 6.00. The lowest BCUT2D eigenvalue weighted by atomic mass is 9.76. The van der Waals surface area contributed by atoms with E-state index in [1.165, 1.54) is 0 Å². The van der Waals surface area contributed by atoms with Crippen molar-refractivity contribution in [3.63, 3.8) is 0 Å². The van der Waals surface area contributed by atoms with Crippen LogP contribution >= 0.6 is 11.3 Å². The second-order valence-corrected chi connectivity index (χ2v) is 9.07. The number of rotatable bonds is 5. The van der Waals surface area contributed by atoms with Crippen LogP contribution in [0, 0.1) is 18.8 Å². The molecule has 29 heavy (non-hydrogen) atoms. The number of hydrogen-bond donors (Lipinski definition) is 0. The van der Waals surface area contributed by atoms with E-state index in [4.69, 9.17) is 4.74 Å². The van der Waals surface area contributed by atoms with Crippen molar-refractivity contribution < 1.29 is 14.3 Å². The molecule has 150 valence electrons. The lowest BCUT2D eigenvalue weighted by Crippen LogP contribution is -2.44. The Balaban J connectivity index is 1.36. The quantitative estimate of drug-likeness (QED) is 0.703. The molecule has 0 aliphatic carbocycles. The van der Waals surface area contributed by atoms with Gasteiger partial charge in [-0.15, -0.1) is 11.3 Å². The fourth-order valence-electron chi connectivity index (χ4n) is 4.76. The third kappa shape index (κ3) is 2.98. The molecule has 4 atom stereocenters. The molecule has 0 radical (unpaired) electrons. The maximum Gasteiger partial charge on any atom is 0.230 e. The van der Waals surface area contributed by atoms with Crippen molar-refractivity contribution >= 4 is 23.2 Å². The number of ether oxygens (including phenoxy) is 1. The van der Waals surface area contributed by atoms with Gasteiger partial charge in [0.1, 0.15) is 5.60 Å². The van der Waals surface area contributed by atoms with Crippen molar-refractivity contribution in [2.24, 2.45) is 11.8 Å². The zero-order valence-corrected chi connectivity index (χ0v) is 17.1. The molecule has 3 aliphatic rings. The van der Waals surface area contributed by atoms with Crippen molar-refractivity contribution in [2.45, 2.75) is 31.7 Å². The highest BCUT2D eigenvalue weighted by molar-refractivity contribution is 7.09. The van der Waals surface area contributed by atoms with E-state index in [1.807, 2.05) is 36.6 Å². The van der Waals surface area contributed by atoms with Crippen LogP contribution in [0.15, 0.2) is 42.1 Å². The van der Waals surface area contributed by atoms with Crippen LogP contribution in [0.3, 0.4) is 0 Å². The largest absolute Gasteiger partial charge is 0.360 e. The topological polar surface area (TPSA) is 75.6 Å². The van der Waals surface area contributed by atoms with Crippen molar-refractivity contribution in [2.75, 3.05) is 13.6 Å². The van der Waals surface area contributed by atoms with Gasteiger partial charge in [-0.1, -0.05) is 18.2 Å². The molecule has 7 nitrogen and oxygen atoms in total. The van der Waals surface area contributed by atoms with Gasteiger partial charge in [-0.05, 0) is 18.6 Å². The lowest BCUT2D eigenvalue weighted by molar-refractivity contribution is -0.142. The van der Waals surface area contributed by atoms with Crippen LogP contribution in [-0.4, -0.2) is 56.9 Å². The summed E-state index contributed by atoms with van der Waals surface area (Å²) in [6.45, 7) is 3.32. The number of amides is 2. The van der Waals surface area contributed by atoms with Crippen LogP contribution < -0.4 is 0 Å². The minimum Gasteiger partial charge on any atom is -0.360 e. The summed E-state index contributed by atoms with van der Waals surface area (Å²) in [4.78, 5) is 38.6. The van der Waals surface area contributed by atoms with Gasteiger partial charge in [0.25, 0.3) is 0 Å². The molecule has 5 heterocycles. The Hall–Kier alpha value is -2.58. The zero-order valence-electron chi connectivity index (χ0n) is 16.3. The van der Waals surface area contributed by atoms with Crippen LogP contribution in [0.4, 0.5) is 0 Å². The molecule has 2 amide bonds. The van der Waals surface area contributed by atoms with Crippen molar-refractivity contribution in [1.29, 1.82) is 0 Å². The van der Waals surface area contributed by atoms with Crippen LogP contribution in [-0.2, 0) is 27.4 Å². The fraction of sp³-hybridized carbons (Fsp3) is 0.429. The predicted molar refractivity (Wildman–Crippen MR) is 107 cm³/mol. The number of carbonyl (C=O) groups excluding carboxylic acids is 2. The molecule has 2 fully saturated rings. The van der Waals surface area contributed by atoms with Crippen LogP contribution in [0.1, 0.15) is 16.3 Å². The Kier molecular flexibility index (Phi) is 4.29. The lowest BCUT2D eigenvalue weighted by Gasteiger charge is -2.27. The van der Waals surface area contributed by atoms with Gasteiger partial charge in [0.15, 0.2) is 0 Å². The summed E-state index contributed by atoms with van der Waals surface area (Å²) in [5, 5.41) is 2.94. The minimum absolute atomic E-state index is 0.0167. The summed E-state index contributed by atoms with van der Waals surface area (Å²) in [5.74, 6) is -1.04. The summed E-state index contributed by atoms with van der Waals surface area (Å²) in [6, 6.07) is 3.81. The number of fused-ring (bicyclic) bond motifs is 1. The molecule has 2 aromatic heterocycles. The van der Waals surface area contributed by atoms with Gasteiger partial charge >= 0.3 is 0 Å². The Morgan fingerprint density at radius 2 is 2.34 bits per heavy atom. The molecular weight excluding hydrogens is 388 g/mol. The van der Waals surface area contributed by atoms with E-state index in [0.717, 1.165) is 16.3 Å². The summed E-state index contributed by atoms with van der Waals surface area (Å²) in [5.41, 5.74) is 1.14. The van der Waals surface area contributed by atoms with Crippen molar-refractivity contribution in [3.8, 4) is 0 Å². The van der Waals surface area contributed by atoms with Gasteiger partial charge in [-0.3, -0.25) is 14.6 Å². The molecule has 8 heteroatoms. The second kappa shape index (κ2) is 6.74. The molecule has 0 saturated carbocycles. The molecular formula is C21H22N4O3S. The number of hydrogen-bond acceptors (Lipinski definition) is 6. The molecule has 0 N–H and O–H groups in total. The van der Waals surface area contributed by atoms with Crippen LogP contribution in [0.25, 0.3) is 0 Å². The number of aromatic nitrogens is 2. The fourth-order valence-corrected chi connectivity index (χ4v) is 5.37. The predicted octanol–water partition coefficient (Wildman–Crippen LogP) is 1.79. The summed E-state index contributed by atoms with van der Waals surface area (Å²) >= 11 is 1.57. The van der Waals surface area contributed by atoms with Gasteiger partial charge < -0.3 is 14.5 Å². The third-order valence-corrected chi connectivity index (χ3v) is 6.82. The number of thiazole rings is 1. The van der Waals surface area contributed by atoms with Crippen molar-refractivity contribution in [3.05, 3.63) is 58.3 Å². The van der Waals surface area contributed by atoms with Crippen LogP contribution in [0.2, 0.25) is 0 Å². The first-order chi connectivity index (χ1) is 14.0. The van der Waals surface area contributed by atoms with Gasteiger partial charge in [-0.2, -0.15) is 0 Å². The highest BCUT2D eigenvalue weighted by atomic mass is 32.1. The molecule has 2 aromatic rings. The van der Waals surface area contributed by atoms with E-state index in [9.17, 15) is 9.59 Å². The molecule has 2 bridgehead atoms. The standard InChI is InChI=1S/C21H22N4O3S/c1-13-23-15(11-29-13)10-24(2)19(26)17-16-5-6-21(28-16)12-25(20(27)18(17)21)9-14-4-3-7-22-8-14/h3-8,11,16-18H,9-10,12H2,1-2H3. The Bertz CT molecular complexity index is 991. The van der Waals surface area contributed by atoms with Gasteiger partial charge in [0, 0.05) is 31.4 Å². The second-order valence-electron chi connectivity index (χ2n) is 8.01. The average Bonchev–Trinajstić information content (AvgIpc) is 3.44. The minimum atomic E-state index is -0.692. The maximum atomic E-state index is 13.3. The first-order valence-electron chi connectivity index (χ1n) is 9.68. The number of likely N-dealkylation sites (tertiary alicyclic amines) is 1. The summed E-state index contributed by atoms with van der Waals surface area (Å²) < 4.78 is 6.21. The van der Waals surface area contributed by atoms with E-state index in [1.54, 1.807) is 40.6 Å². The van der Waals surface area contributed by atoms with E-state index < -0.39 is 17.4 Å².